The molecule has 1 aromatic carbocycles. The molecule has 128 valence electrons. The number of aliphatic hydroxyl groups is 1. The molecule has 0 aliphatic rings. The van der Waals surface area contributed by atoms with E-state index < -0.39 is 16.1 Å². The third kappa shape index (κ3) is 4.15. The van der Waals surface area contributed by atoms with Crippen molar-refractivity contribution in [2.45, 2.75) is 11.0 Å². The SMILES string of the molecule is N#Cc1ccc(S(=O)(=O)NC[C@@H](O)c2ccc(-c3cccs3)s2)cc1. The molecule has 0 saturated heterocycles. The molecule has 0 radical (unpaired) electrons. The van der Waals surface area contributed by atoms with Gasteiger partial charge in [-0.15, -0.1) is 22.7 Å². The summed E-state index contributed by atoms with van der Waals surface area (Å²) in [7, 11) is -3.74. The molecule has 3 rings (SSSR count). The van der Waals surface area contributed by atoms with E-state index in [-0.39, 0.29) is 11.4 Å². The molecule has 2 N–H and O–H groups in total. The molecule has 0 amide bonds. The maximum Gasteiger partial charge on any atom is 0.240 e. The molecule has 2 heterocycles. The van der Waals surface area contributed by atoms with Crippen LogP contribution in [0, 0.1) is 11.3 Å². The van der Waals surface area contributed by atoms with Gasteiger partial charge in [0.15, 0.2) is 0 Å². The predicted molar refractivity (Wildman–Crippen MR) is 98.9 cm³/mol. The normalized spacial score (nSPS) is 12.6. The van der Waals surface area contributed by atoms with Gasteiger partial charge in [0.05, 0.1) is 16.5 Å². The van der Waals surface area contributed by atoms with Crippen LogP contribution in [-0.4, -0.2) is 20.1 Å². The van der Waals surface area contributed by atoms with Crippen LogP contribution in [0.25, 0.3) is 9.75 Å². The summed E-state index contributed by atoms with van der Waals surface area (Å²) in [5, 5.41) is 21.0. The second-order valence-electron chi connectivity index (χ2n) is 5.18. The molecular formula is C17H14N2O3S3. The van der Waals surface area contributed by atoms with E-state index in [1.807, 2.05) is 29.6 Å². The van der Waals surface area contributed by atoms with Crippen LogP contribution in [0.4, 0.5) is 0 Å². The lowest BCUT2D eigenvalue weighted by molar-refractivity contribution is 0.186. The summed E-state index contributed by atoms with van der Waals surface area (Å²) in [6.45, 7) is -0.118. The maximum absolute atomic E-state index is 12.3. The molecule has 0 unspecified atom stereocenters. The Morgan fingerprint density at radius 3 is 2.52 bits per heavy atom. The summed E-state index contributed by atoms with van der Waals surface area (Å²) < 4.78 is 26.9. The van der Waals surface area contributed by atoms with Gasteiger partial charge in [0.1, 0.15) is 6.10 Å². The fraction of sp³-hybridized carbons (Fsp3) is 0.118. The van der Waals surface area contributed by atoms with Crippen molar-refractivity contribution >= 4 is 32.7 Å². The van der Waals surface area contributed by atoms with Crippen molar-refractivity contribution in [3.8, 4) is 15.8 Å². The summed E-state index contributed by atoms with van der Waals surface area (Å²) >= 11 is 3.05. The number of hydrogen-bond donors (Lipinski definition) is 2. The molecule has 0 aliphatic carbocycles. The van der Waals surface area contributed by atoms with Crippen LogP contribution < -0.4 is 4.72 Å². The topological polar surface area (TPSA) is 90.2 Å². The summed E-state index contributed by atoms with van der Waals surface area (Å²) in [5.74, 6) is 0. The highest BCUT2D eigenvalue weighted by atomic mass is 32.2. The van der Waals surface area contributed by atoms with Crippen LogP contribution in [-0.2, 0) is 10.0 Å². The number of aliphatic hydroxyl groups excluding tert-OH is 1. The number of nitriles is 1. The monoisotopic (exact) mass is 390 g/mol. The molecule has 1 atom stereocenters. The first kappa shape index (κ1) is 17.8. The molecular weight excluding hydrogens is 376 g/mol. The van der Waals surface area contributed by atoms with Crippen molar-refractivity contribution in [1.82, 2.24) is 4.72 Å². The van der Waals surface area contributed by atoms with Gasteiger partial charge in [-0.3, -0.25) is 0 Å². The van der Waals surface area contributed by atoms with E-state index in [9.17, 15) is 13.5 Å². The minimum Gasteiger partial charge on any atom is -0.386 e. The number of sulfonamides is 1. The van der Waals surface area contributed by atoms with E-state index in [1.54, 1.807) is 17.4 Å². The number of hydrogen-bond acceptors (Lipinski definition) is 6. The largest absolute Gasteiger partial charge is 0.386 e. The van der Waals surface area contributed by atoms with Crippen molar-refractivity contribution in [1.29, 1.82) is 5.26 Å². The first-order valence-corrected chi connectivity index (χ1v) is 10.5. The highest BCUT2D eigenvalue weighted by molar-refractivity contribution is 7.89. The number of benzene rings is 1. The summed E-state index contributed by atoms with van der Waals surface area (Å²) in [4.78, 5) is 2.91. The lowest BCUT2D eigenvalue weighted by Crippen LogP contribution is -2.28. The van der Waals surface area contributed by atoms with Crippen LogP contribution in [0.15, 0.2) is 58.8 Å². The minimum absolute atomic E-state index is 0.0594. The van der Waals surface area contributed by atoms with Crippen molar-refractivity contribution in [2.24, 2.45) is 0 Å². The van der Waals surface area contributed by atoms with E-state index >= 15 is 0 Å². The average Bonchev–Trinajstić information content (AvgIpc) is 3.31. The fourth-order valence-corrected chi connectivity index (χ4v) is 5.03. The van der Waals surface area contributed by atoms with Crippen molar-refractivity contribution in [3.05, 3.63) is 64.4 Å². The predicted octanol–water partition coefficient (Wildman–Crippen LogP) is 3.36. The van der Waals surface area contributed by atoms with Crippen LogP contribution in [0.2, 0.25) is 0 Å². The Bertz CT molecular complexity index is 985. The second kappa shape index (κ2) is 7.47. The molecule has 25 heavy (non-hydrogen) atoms. The number of rotatable bonds is 6. The van der Waals surface area contributed by atoms with Crippen molar-refractivity contribution in [3.63, 3.8) is 0 Å². The molecule has 2 aromatic heterocycles. The first-order chi connectivity index (χ1) is 12.0. The number of nitrogens with one attached hydrogen (secondary N) is 1. The average molecular weight is 391 g/mol. The summed E-state index contributed by atoms with van der Waals surface area (Å²) in [6, 6.07) is 15.2. The van der Waals surface area contributed by atoms with Crippen LogP contribution in [0.5, 0.6) is 0 Å². The van der Waals surface area contributed by atoms with E-state index in [4.69, 9.17) is 5.26 Å². The lowest BCUT2D eigenvalue weighted by atomic mass is 10.2. The zero-order chi connectivity index (χ0) is 17.9. The molecule has 8 heteroatoms. The quantitative estimate of drug-likeness (QED) is 0.675. The summed E-state index contributed by atoms with van der Waals surface area (Å²) in [6.07, 6.45) is -0.924. The van der Waals surface area contributed by atoms with E-state index in [0.717, 1.165) is 9.75 Å². The highest BCUT2D eigenvalue weighted by Crippen LogP contribution is 2.33. The Morgan fingerprint density at radius 1 is 1.12 bits per heavy atom. The van der Waals surface area contributed by atoms with Gasteiger partial charge in [-0.05, 0) is 47.8 Å². The van der Waals surface area contributed by atoms with E-state index in [2.05, 4.69) is 4.72 Å². The third-order valence-corrected chi connectivity index (χ3v) is 7.17. The standard InChI is InChI=1S/C17H14N2O3S3/c18-10-12-3-5-13(6-4-12)25(21,22)19-11-14(20)15-7-8-17(24-15)16-2-1-9-23-16/h1-9,14,19-20H,11H2/t14-/m1/s1. The lowest BCUT2D eigenvalue weighted by Gasteiger charge is -2.11. The second-order valence-corrected chi connectivity index (χ2v) is 9.01. The van der Waals surface area contributed by atoms with Gasteiger partial charge in [-0.2, -0.15) is 5.26 Å². The number of nitrogens with zero attached hydrogens (tertiary/aromatic N) is 1. The maximum atomic E-state index is 12.3. The molecule has 0 saturated carbocycles. The molecule has 3 aromatic rings. The molecule has 0 bridgehead atoms. The van der Waals surface area contributed by atoms with Gasteiger partial charge in [0, 0.05) is 21.2 Å². The Balaban J connectivity index is 1.67. The van der Waals surface area contributed by atoms with Gasteiger partial charge in [0.2, 0.25) is 10.0 Å². The minimum atomic E-state index is -3.74. The Labute approximate surface area is 153 Å². The summed E-state index contributed by atoms with van der Waals surface area (Å²) in [5.41, 5.74) is 0.388. The van der Waals surface area contributed by atoms with E-state index in [0.29, 0.717) is 10.4 Å². The van der Waals surface area contributed by atoms with Crippen molar-refractivity contribution < 1.29 is 13.5 Å². The van der Waals surface area contributed by atoms with E-state index in [1.165, 1.54) is 35.6 Å². The zero-order valence-electron chi connectivity index (χ0n) is 12.9. The fourth-order valence-electron chi connectivity index (χ4n) is 2.16. The third-order valence-electron chi connectivity index (χ3n) is 3.48. The highest BCUT2D eigenvalue weighted by Gasteiger charge is 2.18. The molecule has 0 spiro atoms. The molecule has 0 fully saturated rings. The zero-order valence-corrected chi connectivity index (χ0v) is 15.4. The van der Waals surface area contributed by atoms with Gasteiger partial charge in [-0.1, -0.05) is 6.07 Å². The number of thiophene rings is 2. The van der Waals surface area contributed by atoms with Crippen LogP contribution >= 0.6 is 22.7 Å². The van der Waals surface area contributed by atoms with Gasteiger partial charge in [-0.25, -0.2) is 13.1 Å². The smallest absolute Gasteiger partial charge is 0.240 e. The van der Waals surface area contributed by atoms with Gasteiger partial charge < -0.3 is 5.11 Å². The van der Waals surface area contributed by atoms with Crippen molar-refractivity contribution in [2.75, 3.05) is 6.54 Å². The van der Waals surface area contributed by atoms with Gasteiger partial charge in [0.25, 0.3) is 0 Å². The van der Waals surface area contributed by atoms with Gasteiger partial charge >= 0.3 is 0 Å². The first-order valence-electron chi connectivity index (χ1n) is 7.31. The Hall–Kier alpha value is -2.02. The Kier molecular flexibility index (Phi) is 5.32. The molecule has 0 aliphatic heterocycles. The Morgan fingerprint density at radius 2 is 1.88 bits per heavy atom. The van der Waals surface area contributed by atoms with Crippen LogP contribution in [0.1, 0.15) is 16.5 Å². The van der Waals surface area contributed by atoms with Crippen LogP contribution in [0.3, 0.4) is 0 Å². The molecule has 5 nitrogen and oxygen atoms in total.